The molecule has 1 aromatic heterocycles. The third-order valence-electron chi connectivity index (χ3n) is 3.98. The Morgan fingerprint density at radius 3 is 2.71 bits per heavy atom. The van der Waals surface area contributed by atoms with Gasteiger partial charge in [0.05, 0.1) is 12.6 Å². The summed E-state index contributed by atoms with van der Waals surface area (Å²) in [5.41, 5.74) is 1.10. The molecule has 2 unspecified atom stereocenters. The van der Waals surface area contributed by atoms with Crippen molar-refractivity contribution in [3.63, 3.8) is 0 Å². The van der Waals surface area contributed by atoms with Gasteiger partial charge >= 0.3 is 0 Å². The van der Waals surface area contributed by atoms with Crippen molar-refractivity contribution < 1.29 is 9.90 Å². The number of rotatable bonds is 5. The van der Waals surface area contributed by atoms with Gasteiger partial charge < -0.3 is 10.0 Å². The predicted molar refractivity (Wildman–Crippen MR) is 78.3 cm³/mol. The van der Waals surface area contributed by atoms with Crippen LogP contribution >= 0.6 is 0 Å². The monoisotopic (exact) mass is 285 g/mol. The standard InChI is InChI=1S/C16H19N3O2/c20-12-13-9-16(21)19(10-13)15(11-18-8-4-7-17-18)14-5-2-1-3-6-14/h1-8,13,15,20H,9-12H2. The molecule has 1 amide bonds. The Morgan fingerprint density at radius 1 is 1.29 bits per heavy atom. The molecule has 1 aliphatic rings. The molecule has 5 nitrogen and oxygen atoms in total. The Kier molecular flexibility index (Phi) is 4.01. The second-order valence-corrected chi connectivity index (χ2v) is 5.45. The highest BCUT2D eigenvalue weighted by atomic mass is 16.3. The van der Waals surface area contributed by atoms with Gasteiger partial charge in [-0.3, -0.25) is 9.48 Å². The van der Waals surface area contributed by atoms with Gasteiger partial charge in [0.2, 0.25) is 5.91 Å². The van der Waals surface area contributed by atoms with Gasteiger partial charge in [-0.25, -0.2) is 0 Å². The summed E-state index contributed by atoms with van der Waals surface area (Å²) >= 11 is 0. The fourth-order valence-corrected chi connectivity index (χ4v) is 2.88. The number of nitrogens with zero attached hydrogens (tertiary/aromatic N) is 3. The molecule has 1 aliphatic heterocycles. The Hall–Kier alpha value is -2.14. The van der Waals surface area contributed by atoms with Crippen molar-refractivity contribution in [3.8, 4) is 0 Å². The van der Waals surface area contributed by atoms with Gasteiger partial charge in [-0.05, 0) is 11.6 Å². The number of aliphatic hydroxyl groups excluding tert-OH is 1. The minimum atomic E-state index is -0.0462. The number of amides is 1. The largest absolute Gasteiger partial charge is 0.396 e. The predicted octanol–water partition coefficient (Wildman–Crippen LogP) is 1.47. The van der Waals surface area contributed by atoms with Gasteiger partial charge in [0.1, 0.15) is 0 Å². The zero-order valence-electron chi connectivity index (χ0n) is 11.8. The molecule has 0 saturated carbocycles. The number of hydrogen-bond donors (Lipinski definition) is 1. The lowest BCUT2D eigenvalue weighted by atomic mass is 10.1. The summed E-state index contributed by atoms with van der Waals surface area (Å²) < 4.78 is 1.84. The molecule has 0 spiro atoms. The van der Waals surface area contributed by atoms with Crippen molar-refractivity contribution in [1.29, 1.82) is 0 Å². The van der Waals surface area contributed by atoms with Crippen molar-refractivity contribution in [1.82, 2.24) is 14.7 Å². The van der Waals surface area contributed by atoms with Gasteiger partial charge in [0.25, 0.3) is 0 Å². The zero-order chi connectivity index (χ0) is 14.7. The molecule has 110 valence electrons. The quantitative estimate of drug-likeness (QED) is 0.905. The first-order valence-corrected chi connectivity index (χ1v) is 7.20. The van der Waals surface area contributed by atoms with Gasteiger partial charge in [-0.2, -0.15) is 5.10 Å². The summed E-state index contributed by atoms with van der Waals surface area (Å²) in [6.07, 6.45) is 4.07. The Balaban J connectivity index is 1.87. The van der Waals surface area contributed by atoms with Crippen LogP contribution in [0.15, 0.2) is 48.8 Å². The SMILES string of the molecule is O=C1CC(CO)CN1C(Cn1cccn1)c1ccccc1. The summed E-state index contributed by atoms with van der Waals surface area (Å²) in [6, 6.07) is 11.8. The number of aromatic nitrogens is 2. The van der Waals surface area contributed by atoms with Crippen molar-refractivity contribution in [3.05, 3.63) is 54.4 Å². The van der Waals surface area contributed by atoms with E-state index in [2.05, 4.69) is 5.10 Å². The number of aliphatic hydroxyl groups is 1. The minimum Gasteiger partial charge on any atom is -0.396 e. The lowest BCUT2D eigenvalue weighted by molar-refractivity contribution is -0.130. The molecule has 3 rings (SSSR count). The molecular weight excluding hydrogens is 266 g/mol. The van der Waals surface area contributed by atoms with E-state index in [1.54, 1.807) is 6.20 Å². The number of likely N-dealkylation sites (tertiary alicyclic amines) is 1. The molecule has 1 fully saturated rings. The average molecular weight is 285 g/mol. The highest BCUT2D eigenvalue weighted by Crippen LogP contribution is 2.29. The molecule has 0 radical (unpaired) electrons. The van der Waals surface area contributed by atoms with Crippen molar-refractivity contribution in [2.75, 3.05) is 13.2 Å². The van der Waals surface area contributed by atoms with E-state index in [0.29, 0.717) is 19.5 Å². The number of carbonyl (C=O) groups is 1. The third kappa shape index (κ3) is 2.97. The molecule has 1 N–H and O–H groups in total. The fourth-order valence-electron chi connectivity index (χ4n) is 2.88. The molecule has 1 saturated heterocycles. The summed E-state index contributed by atoms with van der Waals surface area (Å²) in [5, 5.41) is 13.6. The molecule has 5 heteroatoms. The Labute approximate surface area is 123 Å². The first-order valence-electron chi connectivity index (χ1n) is 7.20. The summed E-state index contributed by atoms with van der Waals surface area (Å²) in [7, 11) is 0. The third-order valence-corrected chi connectivity index (χ3v) is 3.98. The van der Waals surface area contributed by atoms with Crippen LogP contribution in [-0.4, -0.2) is 38.8 Å². The first kappa shape index (κ1) is 13.8. The Bertz CT molecular complexity index is 583. The number of hydrogen-bond acceptors (Lipinski definition) is 3. The van der Waals surface area contributed by atoms with Crippen molar-refractivity contribution in [2.24, 2.45) is 5.92 Å². The van der Waals surface area contributed by atoms with E-state index in [4.69, 9.17) is 0 Å². The molecule has 2 heterocycles. The van der Waals surface area contributed by atoms with Gasteiger partial charge in [-0.15, -0.1) is 0 Å². The topological polar surface area (TPSA) is 58.4 Å². The second kappa shape index (κ2) is 6.10. The number of carbonyl (C=O) groups excluding carboxylic acids is 1. The second-order valence-electron chi connectivity index (χ2n) is 5.45. The molecular formula is C16H19N3O2. The normalized spacial score (nSPS) is 20.0. The minimum absolute atomic E-state index is 0.0429. The van der Waals surface area contributed by atoms with Crippen LogP contribution in [0.5, 0.6) is 0 Å². The highest BCUT2D eigenvalue weighted by Gasteiger charge is 2.34. The van der Waals surface area contributed by atoms with Crippen LogP contribution in [0.1, 0.15) is 18.0 Å². The van der Waals surface area contributed by atoms with Gasteiger partial charge in [-0.1, -0.05) is 30.3 Å². The Morgan fingerprint density at radius 2 is 2.10 bits per heavy atom. The first-order chi connectivity index (χ1) is 10.3. The van der Waals surface area contributed by atoms with Crippen molar-refractivity contribution in [2.45, 2.75) is 19.0 Å². The lowest BCUT2D eigenvalue weighted by Crippen LogP contribution is -2.33. The van der Waals surface area contributed by atoms with Crippen LogP contribution in [0.3, 0.4) is 0 Å². The van der Waals surface area contributed by atoms with E-state index in [-0.39, 0.29) is 24.5 Å². The maximum Gasteiger partial charge on any atom is 0.223 e. The maximum absolute atomic E-state index is 12.3. The maximum atomic E-state index is 12.3. The fraction of sp³-hybridized carbons (Fsp3) is 0.375. The van der Waals surface area contributed by atoms with Crippen LogP contribution in [0.4, 0.5) is 0 Å². The van der Waals surface area contributed by atoms with E-state index >= 15 is 0 Å². The van der Waals surface area contributed by atoms with Crippen LogP contribution in [0.2, 0.25) is 0 Å². The van der Waals surface area contributed by atoms with Crippen LogP contribution < -0.4 is 0 Å². The van der Waals surface area contributed by atoms with Crippen LogP contribution in [0.25, 0.3) is 0 Å². The summed E-state index contributed by atoms with van der Waals surface area (Å²) in [6.45, 7) is 1.29. The highest BCUT2D eigenvalue weighted by molar-refractivity contribution is 5.79. The lowest BCUT2D eigenvalue weighted by Gasteiger charge is -2.28. The molecule has 2 aromatic rings. The summed E-state index contributed by atoms with van der Waals surface area (Å²) in [5.74, 6) is 0.149. The van der Waals surface area contributed by atoms with Crippen LogP contribution in [0, 0.1) is 5.92 Å². The van der Waals surface area contributed by atoms with E-state index in [9.17, 15) is 9.90 Å². The molecule has 0 bridgehead atoms. The molecule has 21 heavy (non-hydrogen) atoms. The van der Waals surface area contributed by atoms with E-state index in [0.717, 1.165) is 5.56 Å². The molecule has 1 aromatic carbocycles. The van der Waals surface area contributed by atoms with E-state index in [1.807, 2.05) is 52.2 Å². The van der Waals surface area contributed by atoms with E-state index in [1.165, 1.54) is 0 Å². The summed E-state index contributed by atoms with van der Waals surface area (Å²) in [4.78, 5) is 14.1. The van der Waals surface area contributed by atoms with Gasteiger partial charge in [0.15, 0.2) is 0 Å². The van der Waals surface area contributed by atoms with E-state index < -0.39 is 0 Å². The average Bonchev–Trinajstić information content (AvgIpc) is 3.15. The molecule has 2 atom stereocenters. The molecule has 0 aliphatic carbocycles. The van der Waals surface area contributed by atoms with Crippen LogP contribution in [-0.2, 0) is 11.3 Å². The van der Waals surface area contributed by atoms with Gasteiger partial charge in [0, 0.05) is 37.9 Å². The van der Waals surface area contributed by atoms with Crippen molar-refractivity contribution >= 4 is 5.91 Å². The number of benzene rings is 1. The zero-order valence-corrected chi connectivity index (χ0v) is 11.8. The smallest absolute Gasteiger partial charge is 0.223 e.